The number of pyridine rings is 1. The summed E-state index contributed by atoms with van der Waals surface area (Å²) in [6.07, 6.45) is 1.88. The quantitative estimate of drug-likeness (QED) is 0.365. The van der Waals surface area contributed by atoms with Gasteiger partial charge in [-0.1, -0.05) is 42.0 Å². The fourth-order valence-corrected chi connectivity index (χ4v) is 2.56. The molecular formula is C17H20Cl2N3O4Pd-. The van der Waals surface area contributed by atoms with Gasteiger partial charge < -0.3 is 10.2 Å². The molecule has 7 nitrogen and oxygen atoms in total. The Kier molecular flexibility index (Phi) is 12.2. The molecule has 0 unspecified atom stereocenters. The molecule has 0 aliphatic carbocycles. The van der Waals surface area contributed by atoms with Crippen molar-refractivity contribution < 1.29 is 47.1 Å². The first-order valence-corrected chi connectivity index (χ1v) is 11.2. The molecule has 1 saturated heterocycles. The summed E-state index contributed by atoms with van der Waals surface area (Å²) in [6, 6.07) is 16.6. The van der Waals surface area contributed by atoms with Crippen molar-refractivity contribution in [3.63, 3.8) is 0 Å². The van der Waals surface area contributed by atoms with Crippen LogP contribution in [-0.4, -0.2) is 36.1 Å². The van der Waals surface area contributed by atoms with Gasteiger partial charge in [-0.15, -0.1) is 23.3 Å². The molecule has 3 rings (SSSR count). The average Bonchev–Trinajstić information content (AvgIpc) is 2.62. The van der Waals surface area contributed by atoms with E-state index in [2.05, 4.69) is 79.3 Å². The molecule has 1 aliphatic rings. The second-order valence-electron chi connectivity index (χ2n) is 5.68. The smallest absolute Gasteiger partial charge is 0.0460 e. The van der Waals surface area contributed by atoms with Crippen LogP contribution in [0, 0.1) is 10.2 Å². The summed E-state index contributed by atoms with van der Waals surface area (Å²) in [6.45, 7) is 5.06. The molecule has 1 aromatic carbocycles. The minimum atomic E-state index is -4.94. The summed E-state index contributed by atoms with van der Waals surface area (Å²) < 4.78 is 34.0. The fraction of sp³-hybridized carbons (Fsp3) is 0.353. The second-order valence-corrected chi connectivity index (χ2v) is 6.44. The molecule has 0 radical (unpaired) electrons. The topological polar surface area (TPSA) is 122 Å². The van der Waals surface area contributed by atoms with Gasteiger partial charge >= 0.3 is 27.7 Å². The fourth-order valence-electron chi connectivity index (χ4n) is 2.56. The van der Waals surface area contributed by atoms with Gasteiger partial charge in [0, 0.05) is 30.9 Å². The van der Waals surface area contributed by atoms with E-state index in [0.29, 0.717) is 5.92 Å². The monoisotopic (exact) mass is 506 g/mol. The van der Waals surface area contributed by atoms with Crippen molar-refractivity contribution in [2.24, 2.45) is 0 Å². The Bertz CT molecular complexity index is 609. The van der Waals surface area contributed by atoms with E-state index in [0.717, 1.165) is 32.7 Å². The second kappa shape index (κ2) is 13.5. The van der Waals surface area contributed by atoms with Gasteiger partial charge in [0.05, 0.1) is 0 Å². The Hall–Kier alpha value is -0.628. The molecule has 0 saturated carbocycles. The zero-order valence-electron chi connectivity index (χ0n) is 14.4. The van der Waals surface area contributed by atoms with E-state index in [4.69, 9.17) is 18.6 Å². The molecule has 0 atom stereocenters. The standard InChI is InChI=1S/C17H20N3.ClHO4.ClH.Pd/c1-2-6-15(7-3-1)12-18-10-11-20-13-16(14-20)17-8-4-5-9-19-17;2-1(3,4)5;;/h1-9,16H,10-14H2;(H,2,3,4,5);1H;/q-1;;;+2/p-2. The molecule has 27 heavy (non-hydrogen) atoms. The average molecular weight is 508 g/mol. The minimum absolute atomic E-state index is 0.616. The van der Waals surface area contributed by atoms with Gasteiger partial charge in [0.1, 0.15) is 0 Å². The van der Waals surface area contributed by atoms with E-state index in [-0.39, 0.29) is 0 Å². The number of aromatic nitrogens is 1. The SMILES string of the molecule is [Cl][Pd+].[O-][Cl+3]([O-])([O-])[O-].c1ccc(C[N-]CCN2CC(c3ccccn3)C2)cc1. The van der Waals surface area contributed by atoms with Crippen LogP contribution in [0.1, 0.15) is 17.2 Å². The number of likely N-dealkylation sites (tertiary alicyclic amines) is 1. The van der Waals surface area contributed by atoms with Crippen LogP contribution in [0.25, 0.3) is 5.32 Å². The van der Waals surface area contributed by atoms with Crippen molar-refractivity contribution in [2.45, 2.75) is 12.5 Å². The van der Waals surface area contributed by atoms with Crippen LogP contribution in [0.15, 0.2) is 54.7 Å². The van der Waals surface area contributed by atoms with Crippen LogP contribution >= 0.6 is 9.53 Å². The van der Waals surface area contributed by atoms with Crippen LogP contribution in [0.4, 0.5) is 0 Å². The van der Waals surface area contributed by atoms with E-state index in [1.54, 1.807) is 0 Å². The first-order chi connectivity index (χ1) is 12.9. The maximum atomic E-state index is 8.49. The molecule has 152 valence electrons. The first-order valence-electron chi connectivity index (χ1n) is 7.96. The molecule has 2 heterocycles. The van der Waals surface area contributed by atoms with Crippen molar-refractivity contribution >= 4 is 9.53 Å². The first kappa shape index (κ1) is 24.4. The van der Waals surface area contributed by atoms with Gasteiger partial charge in [-0.25, -0.2) is 18.6 Å². The van der Waals surface area contributed by atoms with Crippen LogP contribution in [-0.2, 0) is 24.7 Å². The molecule has 10 heteroatoms. The summed E-state index contributed by atoms with van der Waals surface area (Å²) in [5.41, 5.74) is 2.52. The van der Waals surface area contributed by atoms with E-state index in [9.17, 15) is 0 Å². The summed E-state index contributed by atoms with van der Waals surface area (Å²) in [5.74, 6) is 0.616. The third kappa shape index (κ3) is 11.7. The van der Waals surface area contributed by atoms with Crippen molar-refractivity contribution in [1.29, 1.82) is 0 Å². The minimum Gasteiger partial charge on any atom is -0.657 e. The molecule has 0 spiro atoms. The van der Waals surface area contributed by atoms with E-state index in [1.807, 2.05) is 18.3 Å². The van der Waals surface area contributed by atoms with E-state index < -0.39 is 10.2 Å². The number of rotatable bonds is 6. The van der Waals surface area contributed by atoms with E-state index >= 15 is 0 Å². The Labute approximate surface area is 176 Å². The molecule has 2 aromatic rings. The van der Waals surface area contributed by atoms with Crippen molar-refractivity contribution in [3.05, 3.63) is 71.3 Å². The number of nitrogens with zero attached hydrogens (tertiary/aromatic N) is 3. The Morgan fingerprint density at radius 2 is 1.63 bits per heavy atom. The van der Waals surface area contributed by atoms with Crippen LogP contribution < -0.4 is 18.6 Å². The molecule has 0 bridgehead atoms. The Morgan fingerprint density at radius 3 is 2.19 bits per heavy atom. The summed E-state index contributed by atoms with van der Waals surface area (Å²) in [4.78, 5) is 6.87. The molecule has 0 N–H and O–H groups in total. The van der Waals surface area contributed by atoms with Gasteiger partial charge in [0.15, 0.2) is 0 Å². The van der Waals surface area contributed by atoms with Crippen molar-refractivity contribution in [1.82, 2.24) is 9.88 Å². The normalized spacial score (nSPS) is 14.3. The number of hydrogen-bond donors (Lipinski definition) is 0. The maximum Gasteiger partial charge on any atom is 0.0460 e. The predicted octanol–water partition coefficient (Wildman–Crippen LogP) is -1.01. The molecular weight excluding hydrogens is 488 g/mol. The summed E-state index contributed by atoms with van der Waals surface area (Å²) >= 11 is 2.22. The van der Waals surface area contributed by atoms with Crippen LogP contribution in [0.5, 0.6) is 0 Å². The number of halogens is 2. The zero-order valence-corrected chi connectivity index (χ0v) is 17.4. The third-order valence-electron chi connectivity index (χ3n) is 3.77. The van der Waals surface area contributed by atoms with Gasteiger partial charge in [-0.2, -0.15) is 0 Å². The van der Waals surface area contributed by atoms with Crippen LogP contribution in [0.3, 0.4) is 0 Å². The zero-order chi connectivity index (χ0) is 20.1. The Morgan fingerprint density at radius 1 is 1.04 bits per heavy atom. The largest absolute Gasteiger partial charge is 0.657 e. The molecule has 1 aliphatic heterocycles. The predicted molar refractivity (Wildman–Crippen MR) is 87.6 cm³/mol. The molecule has 1 fully saturated rings. The van der Waals surface area contributed by atoms with Crippen molar-refractivity contribution in [3.8, 4) is 0 Å². The Balaban J connectivity index is 0.000000454. The van der Waals surface area contributed by atoms with Gasteiger partial charge in [-0.05, 0) is 18.7 Å². The van der Waals surface area contributed by atoms with Gasteiger partial charge in [0.2, 0.25) is 0 Å². The summed E-state index contributed by atoms with van der Waals surface area (Å²) in [7, 11) is -0.456. The maximum absolute atomic E-state index is 8.49. The van der Waals surface area contributed by atoms with Gasteiger partial charge in [-0.3, -0.25) is 4.98 Å². The number of hydrogen-bond acceptors (Lipinski definition) is 6. The van der Waals surface area contributed by atoms with Crippen LogP contribution in [0.2, 0.25) is 0 Å². The third-order valence-corrected chi connectivity index (χ3v) is 3.77. The molecule has 0 amide bonds. The number of benzene rings is 1. The van der Waals surface area contributed by atoms with E-state index in [1.165, 1.54) is 11.3 Å². The molecule has 1 aromatic heterocycles. The van der Waals surface area contributed by atoms with Gasteiger partial charge in [0.25, 0.3) is 0 Å². The van der Waals surface area contributed by atoms with Crippen molar-refractivity contribution in [2.75, 3.05) is 26.2 Å². The summed E-state index contributed by atoms with van der Waals surface area (Å²) in [5, 5.41) is 4.60.